The summed E-state index contributed by atoms with van der Waals surface area (Å²) in [4.78, 5) is 17.6. The van der Waals surface area contributed by atoms with Gasteiger partial charge in [0.2, 0.25) is 0 Å². The highest BCUT2D eigenvalue weighted by molar-refractivity contribution is 5.85. The molecule has 3 rings (SSSR count). The number of piperidine rings is 1. The molecule has 0 spiro atoms. The van der Waals surface area contributed by atoms with Crippen LogP contribution in [0.3, 0.4) is 0 Å². The molecule has 1 unspecified atom stereocenters. The molecule has 0 amide bonds. The summed E-state index contributed by atoms with van der Waals surface area (Å²) in [6.07, 6.45) is 6.49. The van der Waals surface area contributed by atoms with Crippen molar-refractivity contribution in [1.29, 1.82) is 0 Å². The number of nitrogens with one attached hydrogen (secondary N) is 1. The summed E-state index contributed by atoms with van der Waals surface area (Å²) in [6, 6.07) is 6.44. The zero-order valence-electron chi connectivity index (χ0n) is 11.6. The highest BCUT2D eigenvalue weighted by Crippen LogP contribution is 2.32. The van der Waals surface area contributed by atoms with E-state index < -0.39 is 5.97 Å². The van der Waals surface area contributed by atoms with Crippen LogP contribution in [0.15, 0.2) is 18.2 Å². The summed E-state index contributed by atoms with van der Waals surface area (Å²) in [5.74, 6) is -0.322. The molecule has 2 heterocycles. The largest absolute Gasteiger partial charge is 0.477 e. The van der Waals surface area contributed by atoms with Gasteiger partial charge in [-0.15, -0.1) is 0 Å². The standard InChI is InChI=1S/C15H21N3O2/c19-15(20)13-5-3-6-14(17-13)16-10-12-4-1-2-9-18(12)11-7-8-11/h3,5-6,11-12H,1-2,4,7-10H2,(H,16,17)(H,19,20). The molecule has 5 heteroatoms. The van der Waals surface area contributed by atoms with Crippen molar-refractivity contribution in [3.63, 3.8) is 0 Å². The number of carboxylic acid groups (broad SMARTS) is 1. The van der Waals surface area contributed by atoms with Gasteiger partial charge in [-0.05, 0) is 44.4 Å². The minimum Gasteiger partial charge on any atom is -0.477 e. The number of hydrogen-bond donors (Lipinski definition) is 2. The van der Waals surface area contributed by atoms with E-state index in [-0.39, 0.29) is 5.69 Å². The lowest BCUT2D eigenvalue weighted by Crippen LogP contribution is -2.44. The number of likely N-dealkylation sites (tertiary alicyclic amines) is 1. The first-order chi connectivity index (χ1) is 9.74. The van der Waals surface area contributed by atoms with Crippen molar-refractivity contribution in [2.45, 2.75) is 44.2 Å². The van der Waals surface area contributed by atoms with Gasteiger partial charge in [0.05, 0.1) is 0 Å². The minimum atomic E-state index is -0.981. The maximum Gasteiger partial charge on any atom is 0.354 e. The molecule has 1 saturated heterocycles. The summed E-state index contributed by atoms with van der Waals surface area (Å²) in [6.45, 7) is 2.06. The molecule has 2 N–H and O–H groups in total. The third kappa shape index (κ3) is 3.10. The molecule has 1 aliphatic carbocycles. The molecule has 0 bridgehead atoms. The Bertz CT molecular complexity index is 488. The van der Waals surface area contributed by atoms with Crippen molar-refractivity contribution in [3.05, 3.63) is 23.9 Å². The van der Waals surface area contributed by atoms with Gasteiger partial charge >= 0.3 is 5.97 Å². The number of hydrogen-bond acceptors (Lipinski definition) is 4. The second kappa shape index (κ2) is 5.79. The van der Waals surface area contributed by atoms with E-state index >= 15 is 0 Å². The van der Waals surface area contributed by atoms with Crippen LogP contribution in [0, 0.1) is 0 Å². The predicted octanol–water partition coefficient (Wildman–Crippen LogP) is 2.21. The van der Waals surface area contributed by atoms with Crippen LogP contribution in [-0.2, 0) is 0 Å². The monoisotopic (exact) mass is 275 g/mol. The van der Waals surface area contributed by atoms with Crippen LogP contribution in [-0.4, -0.2) is 46.1 Å². The van der Waals surface area contributed by atoms with Gasteiger partial charge in [-0.25, -0.2) is 9.78 Å². The molecular weight excluding hydrogens is 254 g/mol. The Morgan fingerprint density at radius 2 is 2.20 bits per heavy atom. The molecule has 108 valence electrons. The van der Waals surface area contributed by atoms with Crippen molar-refractivity contribution in [1.82, 2.24) is 9.88 Å². The highest BCUT2D eigenvalue weighted by Gasteiger charge is 2.34. The summed E-state index contributed by atoms with van der Waals surface area (Å²) >= 11 is 0. The average molecular weight is 275 g/mol. The van der Waals surface area contributed by atoms with E-state index in [9.17, 15) is 4.79 Å². The Morgan fingerprint density at radius 3 is 2.95 bits per heavy atom. The van der Waals surface area contributed by atoms with E-state index in [1.54, 1.807) is 6.07 Å². The second-order valence-electron chi connectivity index (χ2n) is 5.71. The van der Waals surface area contributed by atoms with Crippen LogP contribution in [0.25, 0.3) is 0 Å². The van der Waals surface area contributed by atoms with Crippen molar-refractivity contribution >= 4 is 11.8 Å². The van der Waals surface area contributed by atoms with E-state index in [1.807, 2.05) is 6.07 Å². The third-order valence-corrected chi connectivity index (χ3v) is 4.18. The highest BCUT2D eigenvalue weighted by atomic mass is 16.4. The number of nitrogens with zero attached hydrogens (tertiary/aromatic N) is 2. The fourth-order valence-electron chi connectivity index (χ4n) is 3.00. The normalized spacial score (nSPS) is 23.5. The zero-order chi connectivity index (χ0) is 13.9. The van der Waals surface area contributed by atoms with E-state index in [1.165, 1.54) is 44.7 Å². The Kier molecular flexibility index (Phi) is 3.87. The molecule has 1 atom stereocenters. The summed E-state index contributed by atoms with van der Waals surface area (Å²) in [5, 5.41) is 12.3. The number of carboxylic acids is 1. The van der Waals surface area contributed by atoms with Gasteiger partial charge in [0.1, 0.15) is 5.82 Å². The summed E-state index contributed by atoms with van der Waals surface area (Å²) in [5.41, 5.74) is 0.0951. The molecule has 2 fully saturated rings. The lowest BCUT2D eigenvalue weighted by atomic mass is 10.0. The number of anilines is 1. The summed E-state index contributed by atoms with van der Waals surface area (Å²) in [7, 11) is 0. The Balaban J connectivity index is 1.60. The first-order valence-corrected chi connectivity index (χ1v) is 7.44. The van der Waals surface area contributed by atoms with Gasteiger partial charge in [0.25, 0.3) is 0 Å². The van der Waals surface area contributed by atoms with Crippen LogP contribution in [0.2, 0.25) is 0 Å². The fourth-order valence-corrected chi connectivity index (χ4v) is 3.00. The van der Waals surface area contributed by atoms with Crippen LogP contribution in [0.5, 0.6) is 0 Å². The number of carbonyl (C=O) groups is 1. The van der Waals surface area contributed by atoms with Gasteiger partial charge < -0.3 is 10.4 Å². The molecule has 0 radical (unpaired) electrons. The lowest BCUT2D eigenvalue weighted by Gasteiger charge is -2.36. The maximum atomic E-state index is 10.9. The van der Waals surface area contributed by atoms with Crippen molar-refractivity contribution in [2.24, 2.45) is 0 Å². The van der Waals surface area contributed by atoms with Gasteiger partial charge in [0, 0.05) is 18.6 Å². The lowest BCUT2D eigenvalue weighted by molar-refractivity contribution is 0.0690. The Hall–Kier alpha value is -1.62. The van der Waals surface area contributed by atoms with E-state index in [0.717, 1.165) is 12.6 Å². The van der Waals surface area contributed by atoms with Gasteiger partial charge in [-0.2, -0.15) is 0 Å². The van der Waals surface area contributed by atoms with Crippen LogP contribution >= 0.6 is 0 Å². The SMILES string of the molecule is O=C(O)c1cccc(NCC2CCCCN2C2CC2)n1. The van der Waals surface area contributed by atoms with Gasteiger partial charge in [-0.1, -0.05) is 12.5 Å². The third-order valence-electron chi connectivity index (χ3n) is 4.18. The molecular formula is C15H21N3O2. The van der Waals surface area contributed by atoms with Crippen LogP contribution in [0.1, 0.15) is 42.6 Å². The minimum absolute atomic E-state index is 0.0951. The van der Waals surface area contributed by atoms with Gasteiger partial charge in [-0.3, -0.25) is 4.90 Å². The number of aromatic carboxylic acids is 1. The topological polar surface area (TPSA) is 65.5 Å². The number of pyridine rings is 1. The first-order valence-electron chi connectivity index (χ1n) is 7.44. The van der Waals surface area contributed by atoms with E-state index in [0.29, 0.717) is 11.9 Å². The smallest absolute Gasteiger partial charge is 0.354 e. The molecule has 1 aromatic heterocycles. The quantitative estimate of drug-likeness (QED) is 0.862. The van der Waals surface area contributed by atoms with Gasteiger partial charge in [0.15, 0.2) is 5.69 Å². The Morgan fingerprint density at radius 1 is 1.35 bits per heavy atom. The molecule has 0 aromatic carbocycles. The Labute approximate surface area is 119 Å². The van der Waals surface area contributed by atoms with Crippen LogP contribution in [0.4, 0.5) is 5.82 Å². The zero-order valence-corrected chi connectivity index (χ0v) is 11.6. The molecule has 1 aliphatic heterocycles. The first kappa shape index (κ1) is 13.4. The van der Waals surface area contributed by atoms with E-state index in [2.05, 4.69) is 15.2 Å². The van der Waals surface area contributed by atoms with Crippen molar-refractivity contribution in [2.75, 3.05) is 18.4 Å². The fraction of sp³-hybridized carbons (Fsp3) is 0.600. The average Bonchev–Trinajstić information content (AvgIpc) is 3.30. The summed E-state index contributed by atoms with van der Waals surface area (Å²) < 4.78 is 0. The van der Waals surface area contributed by atoms with Crippen LogP contribution < -0.4 is 5.32 Å². The maximum absolute atomic E-state index is 10.9. The molecule has 5 nitrogen and oxygen atoms in total. The molecule has 20 heavy (non-hydrogen) atoms. The van der Waals surface area contributed by atoms with Crippen molar-refractivity contribution in [3.8, 4) is 0 Å². The van der Waals surface area contributed by atoms with Crippen molar-refractivity contribution < 1.29 is 9.90 Å². The number of aromatic nitrogens is 1. The second-order valence-corrected chi connectivity index (χ2v) is 5.71. The van der Waals surface area contributed by atoms with E-state index in [4.69, 9.17) is 5.11 Å². The molecule has 2 aliphatic rings. The number of rotatable bonds is 5. The molecule has 1 saturated carbocycles. The molecule has 1 aromatic rings. The predicted molar refractivity (Wildman–Crippen MR) is 77.1 cm³/mol.